The van der Waals surface area contributed by atoms with Crippen LogP contribution in [0.15, 0.2) is 48.9 Å². The number of hydrogen-bond acceptors (Lipinski definition) is 9. The second-order valence-electron chi connectivity index (χ2n) is 11.3. The predicted octanol–water partition coefficient (Wildman–Crippen LogP) is 1.46. The van der Waals surface area contributed by atoms with Crippen LogP contribution in [-0.4, -0.2) is 83.1 Å². The number of amides is 1. The monoisotopic (exact) mass is 536 g/mol. The Morgan fingerprint density at radius 2 is 1.74 bits per heavy atom. The van der Waals surface area contributed by atoms with Gasteiger partial charge in [-0.05, 0) is 30.1 Å². The smallest absolute Gasteiger partial charge is 0.587 e. The molecule has 39 heavy (non-hydrogen) atoms. The van der Waals surface area contributed by atoms with Crippen molar-refractivity contribution in [2.75, 3.05) is 20.3 Å². The van der Waals surface area contributed by atoms with Gasteiger partial charge in [0.15, 0.2) is 17.9 Å². The molecule has 1 aromatic carbocycles. The lowest BCUT2D eigenvalue weighted by Gasteiger charge is -2.51. The Labute approximate surface area is 226 Å². The summed E-state index contributed by atoms with van der Waals surface area (Å²) in [6.45, 7) is 1.72. The number of nitrogens with zero attached hydrogens (tertiary/aromatic N) is 3. The maximum Gasteiger partial charge on any atom is 0.587 e. The van der Waals surface area contributed by atoms with Gasteiger partial charge in [0.25, 0.3) is 5.91 Å². The van der Waals surface area contributed by atoms with Gasteiger partial charge < -0.3 is 23.8 Å². The molecule has 5 rings (SSSR count). The summed E-state index contributed by atoms with van der Waals surface area (Å²) >= 11 is 0. The highest BCUT2D eigenvalue weighted by molar-refractivity contribution is 6.68. The number of nitrogens with one attached hydrogen (secondary N) is 1. The van der Waals surface area contributed by atoms with Crippen LogP contribution in [0.4, 0.5) is 0 Å². The molecule has 2 aromatic rings. The van der Waals surface area contributed by atoms with Crippen LogP contribution in [0.25, 0.3) is 0 Å². The minimum atomic E-state index is -2.54. The van der Waals surface area contributed by atoms with Gasteiger partial charge >= 0.3 is 18.6 Å². The first kappa shape index (κ1) is 27.0. The van der Waals surface area contributed by atoms with Crippen LogP contribution in [0, 0.1) is 5.92 Å². The van der Waals surface area contributed by atoms with Crippen LogP contribution in [0.1, 0.15) is 42.7 Å². The molecule has 3 saturated heterocycles. The normalized spacial score (nSPS) is 28.8. The van der Waals surface area contributed by atoms with E-state index in [1.54, 1.807) is 0 Å². The molecular formula is C27H33BN4O7. The van der Waals surface area contributed by atoms with Crippen LogP contribution in [0.3, 0.4) is 0 Å². The van der Waals surface area contributed by atoms with E-state index in [-0.39, 0.29) is 47.8 Å². The number of benzene rings is 1. The molecule has 3 aliphatic heterocycles. The highest BCUT2D eigenvalue weighted by Crippen LogP contribution is 2.52. The van der Waals surface area contributed by atoms with E-state index in [0.717, 1.165) is 5.56 Å². The lowest BCUT2D eigenvalue weighted by atomic mass is 9.51. The molecule has 0 spiro atoms. The predicted molar refractivity (Wildman–Crippen MR) is 139 cm³/mol. The third-order valence-electron chi connectivity index (χ3n) is 8.39. The number of likely N-dealkylation sites (N-methyl/N-ethyl adjacent to an activating group) is 1. The third kappa shape index (κ3) is 4.72. The zero-order valence-electron chi connectivity index (χ0n) is 22.3. The minimum absolute atomic E-state index is 0.0301. The van der Waals surface area contributed by atoms with Crippen molar-refractivity contribution in [3.05, 3.63) is 60.2 Å². The molecule has 0 radical (unpaired) electrons. The molecule has 3 aliphatic rings. The van der Waals surface area contributed by atoms with Gasteiger partial charge in [0.1, 0.15) is 18.9 Å². The number of carbonyl (C=O) groups is 4. The summed E-state index contributed by atoms with van der Waals surface area (Å²) in [7, 11) is 1.81. The molecule has 4 atom stereocenters. The summed E-state index contributed by atoms with van der Waals surface area (Å²) in [4.78, 5) is 61.0. The number of Topliss-reactive ketones (excluding diaryl/α,β-unsaturated/α-hetero) is 1. The summed E-state index contributed by atoms with van der Waals surface area (Å²) in [5.74, 6) is -2.19. The number of hydrogen-bond donors (Lipinski definition) is 1. The fourth-order valence-corrected chi connectivity index (χ4v) is 6.46. The average Bonchev–Trinajstić information content (AvgIpc) is 3.28. The first-order chi connectivity index (χ1) is 18.7. The van der Waals surface area contributed by atoms with Crippen LogP contribution >= 0.6 is 0 Å². The Hall–Kier alpha value is -3.64. The summed E-state index contributed by atoms with van der Waals surface area (Å²) in [5.41, 5.74) is 0.961. The van der Waals surface area contributed by atoms with Crippen molar-refractivity contribution in [2.45, 2.75) is 57.1 Å². The molecule has 0 saturated carbocycles. The molecular weight excluding hydrogens is 503 g/mol. The Balaban J connectivity index is 1.46. The number of rotatable bonds is 10. The van der Waals surface area contributed by atoms with Crippen LogP contribution in [-0.2, 0) is 34.9 Å². The quantitative estimate of drug-likeness (QED) is 0.448. The number of morpholine rings is 1. The van der Waals surface area contributed by atoms with Gasteiger partial charge in [-0.15, -0.1) is 0 Å². The second kappa shape index (κ2) is 10.5. The van der Waals surface area contributed by atoms with Gasteiger partial charge in [0, 0.05) is 19.4 Å². The van der Waals surface area contributed by atoms with Crippen molar-refractivity contribution in [2.24, 2.45) is 5.92 Å². The van der Waals surface area contributed by atoms with E-state index in [1.807, 2.05) is 51.2 Å². The molecule has 0 unspecified atom stereocenters. The number of quaternary nitrogens is 1. The topological polar surface area (TPSA) is 134 Å². The molecule has 206 valence electrons. The zero-order chi connectivity index (χ0) is 27.8. The Kier molecular flexibility index (Phi) is 7.26. The molecule has 1 aromatic heterocycles. The molecule has 11 nitrogen and oxygen atoms in total. The lowest BCUT2D eigenvalue weighted by molar-refractivity contribution is -0.854. The van der Waals surface area contributed by atoms with E-state index in [0.29, 0.717) is 6.42 Å². The van der Waals surface area contributed by atoms with Crippen LogP contribution in [0.2, 0.25) is 5.82 Å². The van der Waals surface area contributed by atoms with Crippen LogP contribution < -0.4 is 5.32 Å². The average molecular weight is 536 g/mol. The summed E-state index contributed by atoms with van der Waals surface area (Å²) < 4.78 is 17.5. The number of aromatic nitrogens is 2. The van der Waals surface area contributed by atoms with Gasteiger partial charge in [0.2, 0.25) is 0 Å². The molecule has 1 N–H and O–H groups in total. The Morgan fingerprint density at radius 3 is 2.33 bits per heavy atom. The molecule has 0 bridgehead atoms. The van der Waals surface area contributed by atoms with Crippen molar-refractivity contribution in [3.8, 4) is 0 Å². The number of ketones is 1. The molecule has 12 heteroatoms. The van der Waals surface area contributed by atoms with E-state index in [9.17, 15) is 19.2 Å². The largest absolute Gasteiger partial charge is 0.600 e. The van der Waals surface area contributed by atoms with Crippen molar-refractivity contribution < 1.29 is 37.6 Å². The lowest BCUT2D eigenvalue weighted by Crippen LogP contribution is -2.72. The fraction of sp³-hybridized carbons (Fsp3) is 0.481. The highest BCUT2D eigenvalue weighted by Gasteiger charge is 2.77. The minimum Gasteiger partial charge on any atom is -0.600 e. The van der Waals surface area contributed by atoms with E-state index < -0.39 is 48.5 Å². The van der Waals surface area contributed by atoms with Gasteiger partial charge in [-0.2, -0.15) is 0 Å². The van der Waals surface area contributed by atoms with Gasteiger partial charge in [-0.3, -0.25) is 14.6 Å². The Morgan fingerprint density at radius 1 is 1.08 bits per heavy atom. The van der Waals surface area contributed by atoms with E-state index in [2.05, 4.69) is 15.3 Å². The van der Waals surface area contributed by atoms with E-state index >= 15 is 0 Å². The number of carbonyl (C=O) groups excluding carboxylic acids is 4. The number of ether oxygens (including phenoxy) is 1. The Bertz CT molecular complexity index is 1230. The van der Waals surface area contributed by atoms with Crippen molar-refractivity contribution in [3.63, 3.8) is 0 Å². The zero-order valence-corrected chi connectivity index (χ0v) is 22.3. The SMILES string of the molecule is CC(C)C[C@H](CC(=O)[C@H](Cc1ccccc1)NC(=O)c1cnccn1)[B-]12OC(=O)[C@H]3COC[C@H](C(=O)O1)[N+]32C. The summed E-state index contributed by atoms with van der Waals surface area (Å²) in [6.07, 6.45) is 4.89. The highest BCUT2D eigenvalue weighted by atomic mass is 16.7. The third-order valence-corrected chi connectivity index (χ3v) is 8.39. The first-order valence-electron chi connectivity index (χ1n) is 13.3. The van der Waals surface area contributed by atoms with Crippen molar-refractivity contribution >= 4 is 30.3 Å². The van der Waals surface area contributed by atoms with Gasteiger partial charge in [-0.1, -0.05) is 50.6 Å². The maximum absolute atomic E-state index is 14.0. The summed E-state index contributed by atoms with van der Waals surface area (Å²) in [6, 6.07) is 7.09. The fourth-order valence-electron chi connectivity index (χ4n) is 6.46. The van der Waals surface area contributed by atoms with E-state index in [1.165, 1.54) is 18.6 Å². The maximum atomic E-state index is 14.0. The van der Waals surface area contributed by atoms with Crippen molar-refractivity contribution in [1.82, 2.24) is 15.3 Å². The molecule has 0 aliphatic carbocycles. The van der Waals surface area contributed by atoms with E-state index in [4.69, 9.17) is 14.0 Å². The van der Waals surface area contributed by atoms with Crippen LogP contribution in [0.5, 0.6) is 0 Å². The second-order valence-corrected chi connectivity index (χ2v) is 11.3. The standard InChI is InChI=1S/C27H33BN4O7/c1-17(2)11-19(28-32(3)22(26(35)38-28)15-37-16-23(32)27(36)39-28)13-24(33)20(12-18-7-5-4-6-8-18)31-25(34)21-14-29-9-10-30-21/h4-10,14,17,19-20,22-23H,11-13,15-16H2,1-3H3,(H,31,34)/t19-,20+,22-,23-,28?,32?/m1/s1. The van der Waals surface area contributed by atoms with Gasteiger partial charge in [0.05, 0.1) is 12.2 Å². The first-order valence-corrected chi connectivity index (χ1v) is 13.3. The molecule has 3 fully saturated rings. The van der Waals surface area contributed by atoms with Gasteiger partial charge in [-0.25, -0.2) is 14.6 Å². The summed E-state index contributed by atoms with van der Waals surface area (Å²) in [5, 5.41) is 2.83. The molecule has 4 heterocycles. The molecule has 1 amide bonds. The van der Waals surface area contributed by atoms with Crippen molar-refractivity contribution in [1.29, 1.82) is 0 Å².